The van der Waals surface area contributed by atoms with Crippen LogP contribution in [-0.2, 0) is 6.42 Å². The topological polar surface area (TPSA) is 43.8 Å². The molecule has 1 heterocycles. The molecule has 0 unspecified atom stereocenters. The molecule has 2 N–H and O–H groups in total. The molecule has 0 saturated carbocycles. The zero-order chi connectivity index (χ0) is 11.5. The normalized spacial score (nSPS) is 10.7. The van der Waals surface area contributed by atoms with Gasteiger partial charge in [0.15, 0.2) is 0 Å². The second kappa shape index (κ2) is 4.87. The fourth-order valence-electron chi connectivity index (χ4n) is 1.56. The van der Waals surface area contributed by atoms with Crippen molar-refractivity contribution in [1.82, 2.24) is 9.55 Å². The Bertz CT molecular complexity index is 473. The molecule has 84 valence electrons. The summed E-state index contributed by atoms with van der Waals surface area (Å²) in [5, 5.41) is 1.21. The Morgan fingerprint density at radius 3 is 2.50 bits per heavy atom. The lowest BCUT2D eigenvalue weighted by Gasteiger charge is -2.08. The highest BCUT2D eigenvalue weighted by molar-refractivity contribution is 6.34. The van der Waals surface area contributed by atoms with Gasteiger partial charge in [-0.05, 0) is 24.7 Å². The smallest absolute Gasteiger partial charge is 0.114 e. The van der Waals surface area contributed by atoms with Crippen LogP contribution in [0.2, 0.25) is 10.0 Å². The summed E-state index contributed by atoms with van der Waals surface area (Å²) in [5.74, 6) is 0.904. The number of hydrogen-bond donors (Lipinski definition) is 1. The first-order valence-corrected chi connectivity index (χ1v) is 5.65. The zero-order valence-electron chi connectivity index (χ0n) is 8.53. The van der Waals surface area contributed by atoms with Crippen molar-refractivity contribution in [2.24, 2.45) is 5.73 Å². The first-order chi connectivity index (χ1) is 7.70. The van der Waals surface area contributed by atoms with Crippen molar-refractivity contribution in [1.29, 1.82) is 0 Å². The van der Waals surface area contributed by atoms with E-state index < -0.39 is 0 Å². The largest absolute Gasteiger partial charge is 0.330 e. The maximum Gasteiger partial charge on any atom is 0.114 e. The van der Waals surface area contributed by atoms with Crippen LogP contribution in [0.5, 0.6) is 0 Å². The van der Waals surface area contributed by atoms with Crippen LogP contribution in [0, 0.1) is 0 Å². The lowest BCUT2D eigenvalue weighted by atomic mass is 10.3. The number of nitrogens with zero attached hydrogens (tertiary/aromatic N) is 2. The fraction of sp³-hybridized carbons (Fsp3) is 0.182. The van der Waals surface area contributed by atoms with E-state index in [1.807, 2.05) is 22.9 Å². The molecule has 0 spiro atoms. The Morgan fingerprint density at radius 1 is 1.19 bits per heavy atom. The lowest BCUT2D eigenvalue weighted by molar-refractivity contribution is 0.837. The van der Waals surface area contributed by atoms with Crippen molar-refractivity contribution in [2.45, 2.75) is 6.42 Å². The molecule has 0 fully saturated rings. The number of nitrogens with two attached hydrogens (primary N) is 1. The molecule has 2 rings (SSSR count). The molecule has 0 atom stereocenters. The third-order valence-corrected chi connectivity index (χ3v) is 2.65. The summed E-state index contributed by atoms with van der Waals surface area (Å²) >= 11 is 11.9. The van der Waals surface area contributed by atoms with E-state index in [0.29, 0.717) is 16.6 Å². The lowest BCUT2D eigenvalue weighted by Crippen LogP contribution is -2.08. The SMILES string of the molecule is NCCc1nccn1-c1cc(Cl)cc(Cl)c1. The van der Waals surface area contributed by atoms with Gasteiger partial charge in [0, 0.05) is 34.5 Å². The van der Waals surface area contributed by atoms with Gasteiger partial charge in [-0.25, -0.2) is 4.98 Å². The molecule has 2 aromatic rings. The third kappa shape index (κ3) is 2.38. The minimum Gasteiger partial charge on any atom is -0.330 e. The average Bonchev–Trinajstić information content (AvgIpc) is 2.65. The first-order valence-electron chi connectivity index (χ1n) is 4.89. The second-order valence-electron chi connectivity index (χ2n) is 3.38. The van der Waals surface area contributed by atoms with Gasteiger partial charge in [0.25, 0.3) is 0 Å². The Balaban J connectivity index is 2.45. The molecular weight excluding hydrogens is 245 g/mol. The van der Waals surface area contributed by atoms with Crippen molar-refractivity contribution in [3.05, 3.63) is 46.5 Å². The maximum atomic E-state index is 5.95. The first kappa shape index (κ1) is 11.5. The van der Waals surface area contributed by atoms with E-state index in [4.69, 9.17) is 28.9 Å². The molecular formula is C11H11Cl2N3. The summed E-state index contributed by atoms with van der Waals surface area (Å²) in [6, 6.07) is 5.39. The summed E-state index contributed by atoms with van der Waals surface area (Å²) < 4.78 is 1.94. The minimum absolute atomic E-state index is 0.561. The molecule has 0 bridgehead atoms. The van der Waals surface area contributed by atoms with Gasteiger partial charge in [0.05, 0.1) is 0 Å². The molecule has 5 heteroatoms. The van der Waals surface area contributed by atoms with Gasteiger partial charge in [0.1, 0.15) is 5.82 Å². The quantitative estimate of drug-likeness (QED) is 0.917. The van der Waals surface area contributed by atoms with Gasteiger partial charge < -0.3 is 10.3 Å². The van der Waals surface area contributed by atoms with E-state index in [2.05, 4.69) is 4.98 Å². The summed E-state index contributed by atoms with van der Waals surface area (Å²) in [5.41, 5.74) is 6.42. The minimum atomic E-state index is 0.561. The molecule has 1 aromatic carbocycles. The van der Waals surface area contributed by atoms with Crippen LogP contribution in [0.1, 0.15) is 5.82 Å². The number of halogens is 2. The predicted molar refractivity (Wildman–Crippen MR) is 66.3 cm³/mol. The van der Waals surface area contributed by atoms with E-state index in [-0.39, 0.29) is 0 Å². The van der Waals surface area contributed by atoms with Crippen LogP contribution in [0.3, 0.4) is 0 Å². The highest BCUT2D eigenvalue weighted by Crippen LogP contribution is 2.22. The van der Waals surface area contributed by atoms with Gasteiger partial charge in [-0.1, -0.05) is 23.2 Å². The monoisotopic (exact) mass is 255 g/mol. The molecule has 16 heavy (non-hydrogen) atoms. The summed E-state index contributed by atoms with van der Waals surface area (Å²) in [7, 11) is 0. The van der Waals surface area contributed by atoms with Gasteiger partial charge in [-0.2, -0.15) is 0 Å². The van der Waals surface area contributed by atoms with Crippen LogP contribution >= 0.6 is 23.2 Å². The van der Waals surface area contributed by atoms with Crippen LogP contribution in [-0.4, -0.2) is 16.1 Å². The summed E-state index contributed by atoms with van der Waals surface area (Å²) in [4.78, 5) is 4.24. The van der Waals surface area contributed by atoms with Crippen molar-refractivity contribution in [2.75, 3.05) is 6.54 Å². The zero-order valence-corrected chi connectivity index (χ0v) is 10.0. The molecule has 0 radical (unpaired) electrons. The number of hydrogen-bond acceptors (Lipinski definition) is 2. The molecule has 0 amide bonds. The van der Waals surface area contributed by atoms with Gasteiger partial charge in [0.2, 0.25) is 0 Å². The highest BCUT2D eigenvalue weighted by Gasteiger charge is 2.05. The molecule has 0 aliphatic rings. The summed E-state index contributed by atoms with van der Waals surface area (Å²) in [6.45, 7) is 0.561. The van der Waals surface area contributed by atoms with E-state index in [0.717, 1.165) is 17.9 Å². The van der Waals surface area contributed by atoms with Crippen LogP contribution in [0.15, 0.2) is 30.6 Å². The van der Waals surface area contributed by atoms with Crippen molar-refractivity contribution in [3.63, 3.8) is 0 Å². The Hall–Kier alpha value is -1.03. The van der Waals surface area contributed by atoms with Gasteiger partial charge in [-0.3, -0.25) is 0 Å². The van der Waals surface area contributed by atoms with E-state index in [9.17, 15) is 0 Å². The van der Waals surface area contributed by atoms with E-state index in [1.54, 1.807) is 12.3 Å². The Morgan fingerprint density at radius 2 is 1.88 bits per heavy atom. The Labute approximate surface area is 104 Å². The van der Waals surface area contributed by atoms with Crippen molar-refractivity contribution in [3.8, 4) is 5.69 Å². The van der Waals surface area contributed by atoms with Crippen LogP contribution < -0.4 is 5.73 Å². The average molecular weight is 256 g/mol. The van der Waals surface area contributed by atoms with E-state index in [1.165, 1.54) is 0 Å². The molecule has 0 saturated heterocycles. The second-order valence-corrected chi connectivity index (χ2v) is 4.25. The molecule has 0 aliphatic heterocycles. The van der Waals surface area contributed by atoms with Crippen molar-refractivity contribution < 1.29 is 0 Å². The maximum absolute atomic E-state index is 5.95. The molecule has 0 aliphatic carbocycles. The number of rotatable bonds is 3. The van der Waals surface area contributed by atoms with Gasteiger partial charge >= 0.3 is 0 Å². The number of imidazole rings is 1. The molecule has 1 aromatic heterocycles. The van der Waals surface area contributed by atoms with Gasteiger partial charge in [-0.15, -0.1) is 0 Å². The van der Waals surface area contributed by atoms with Crippen LogP contribution in [0.4, 0.5) is 0 Å². The fourth-order valence-corrected chi connectivity index (χ4v) is 2.08. The molecule has 3 nitrogen and oxygen atoms in total. The highest BCUT2D eigenvalue weighted by atomic mass is 35.5. The standard InChI is InChI=1S/C11H11Cl2N3/c12-8-5-9(13)7-10(6-8)16-4-3-15-11(16)1-2-14/h3-7H,1-2,14H2. The predicted octanol–water partition coefficient (Wildman–Crippen LogP) is 2.68. The Kier molecular flexibility index (Phi) is 3.49. The number of aromatic nitrogens is 2. The van der Waals surface area contributed by atoms with E-state index >= 15 is 0 Å². The third-order valence-electron chi connectivity index (χ3n) is 2.21. The number of benzene rings is 1. The van der Waals surface area contributed by atoms with Crippen LogP contribution in [0.25, 0.3) is 5.69 Å². The summed E-state index contributed by atoms with van der Waals surface area (Å²) in [6.07, 6.45) is 4.32. The van der Waals surface area contributed by atoms with Crippen molar-refractivity contribution >= 4 is 23.2 Å².